The molecule has 23 heavy (non-hydrogen) atoms. The molecule has 2 heterocycles. The molecular formula is C18H20FN3S. The minimum Gasteiger partial charge on any atom is -0.324 e. The highest BCUT2D eigenvalue weighted by Gasteiger charge is 2.12. The highest BCUT2D eigenvalue weighted by Crippen LogP contribution is 2.22. The molecule has 0 radical (unpaired) electrons. The molecule has 0 fully saturated rings. The van der Waals surface area contributed by atoms with Crippen molar-refractivity contribution >= 4 is 22.9 Å². The molecule has 0 N–H and O–H groups in total. The number of benzene rings is 1. The van der Waals surface area contributed by atoms with Crippen LogP contribution in [0.3, 0.4) is 0 Å². The van der Waals surface area contributed by atoms with Crippen LogP contribution in [-0.4, -0.2) is 20.8 Å². The Morgan fingerprint density at radius 1 is 1.22 bits per heavy atom. The summed E-state index contributed by atoms with van der Waals surface area (Å²) >= 11 is 1.60. The van der Waals surface area contributed by atoms with E-state index in [0.717, 1.165) is 41.0 Å². The summed E-state index contributed by atoms with van der Waals surface area (Å²) in [4.78, 5) is 9.26. The average Bonchev–Trinajstić information content (AvgIpc) is 2.91. The Hall–Kier alpha value is -1.88. The number of rotatable bonds is 6. The number of hydrogen-bond donors (Lipinski definition) is 0. The number of hydrogen-bond acceptors (Lipinski definition) is 3. The summed E-state index contributed by atoms with van der Waals surface area (Å²) in [5.41, 5.74) is 4.14. The molecule has 0 aliphatic heterocycles. The second-order valence-electron chi connectivity index (χ2n) is 5.57. The van der Waals surface area contributed by atoms with Crippen molar-refractivity contribution in [2.75, 3.05) is 6.26 Å². The van der Waals surface area contributed by atoms with Crippen LogP contribution >= 0.6 is 11.8 Å². The minimum atomic E-state index is -0.207. The van der Waals surface area contributed by atoms with E-state index in [1.807, 2.05) is 24.6 Å². The fraction of sp³-hybridized carbons (Fsp3) is 0.333. The van der Waals surface area contributed by atoms with Gasteiger partial charge in [0.25, 0.3) is 0 Å². The Balaban J connectivity index is 2.02. The van der Waals surface area contributed by atoms with Gasteiger partial charge in [-0.05, 0) is 42.9 Å². The first-order valence-electron chi connectivity index (χ1n) is 7.85. The summed E-state index contributed by atoms with van der Waals surface area (Å²) in [5.74, 6) is -0.207. The standard InChI is InChI=1S/C18H20FN3S/c1-3-4-5-15-10-16-18(20-11-17(21-16)23-2)22(15)12-13-6-8-14(19)9-7-13/h6-11H,3-5,12H2,1-2H3. The van der Waals surface area contributed by atoms with Crippen molar-refractivity contribution in [2.45, 2.75) is 37.8 Å². The third-order valence-corrected chi connectivity index (χ3v) is 4.53. The maximum Gasteiger partial charge on any atom is 0.159 e. The first kappa shape index (κ1) is 16.0. The number of nitrogens with zero attached hydrogens (tertiary/aromatic N) is 3. The number of aromatic nitrogens is 3. The molecule has 0 aliphatic rings. The van der Waals surface area contributed by atoms with E-state index in [1.165, 1.54) is 17.8 Å². The molecule has 1 aromatic carbocycles. The van der Waals surface area contributed by atoms with E-state index in [2.05, 4.69) is 27.5 Å². The fourth-order valence-electron chi connectivity index (χ4n) is 2.67. The smallest absolute Gasteiger partial charge is 0.159 e. The third-order valence-electron chi connectivity index (χ3n) is 3.91. The highest BCUT2D eigenvalue weighted by atomic mass is 32.2. The maximum atomic E-state index is 13.1. The Morgan fingerprint density at radius 3 is 2.70 bits per heavy atom. The molecule has 3 rings (SSSR count). The van der Waals surface area contributed by atoms with Crippen molar-refractivity contribution in [3.63, 3.8) is 0 Å². The molecule has 0 aliphatic carbocycles. The van der Waals surface area contributed by atoms with Crippen LogP contribution in [0.4, 0.5) is 4.39 Å². The fourth-order valence-corrected chi connectivity index (χ4v) is 3.02. The van der Waals surface area contributed by atoms with Crippen LogP contribution in [0.25, 0.3) is 11.2 Å². The lowest BCUT2D eigenvalue weighted by Gasteiger charge is -2.10. The lowest BCUT2D eigenvalue weighted by molar-refractivity contribution is 0.626. The maximum absolute atomic E-state index is 13.1. The van der Waals surface area contributed by atoms with E-state index < -0.39 is 0 Å². The van der Waals surface area contributed by atoms with E-state index in [-0.39, 0.29) is 5.82 Å². The van der Waals surface area contributed by atoms with Gasteiger partial charge in [-0.3, -0.25) is 0 Å². The molecule has 0 saturated carbocycles. The van der Waals surface area contributed by atoms with Gasteiger partial charge in [0.1, 0.15) is 16.4 Å². The monoisotopic (exact) mass is 329 g/mol. The van der Waals surface area contributed by atoms with Gasteiger partial charge in [-0.15, -0.1) is 11.8 Å². The Bertz CT molecular complexity index is 796. The predicted molar refractivity (Wildman–Crippen MR) is 93.4 cm³/mol. The van der Waals surface area contributed by atoms with Crippen LogP contribution in [0, 0.1) is 5.82 Å². The van der Waals surface area contributed by atoms with Gasteiger partial charge in [-0.2, -0.15) is 0 Å². The first-order chi connectivity index (χ1) is 11.2. The van der Waals surface area contributed by atoms with Crippen molar-refractivity contribution in [1.82, 2.24) is 14.5 Å². The van der Waals surface area contributed by atoms with Gasteiger partial charge >= 0.3 is 0 Å². The molecule has 0 spiro atoms. The highest BCUT2D eigenvalue weighted by molar-refractivity contribution is 7.98. The summed E-state index contributed by atoms with van der Waals surface area (Å²) in [6.07, 6.45) is 7.11. The SMILES string of the molecule is CCCCc1cc2nc(SC)cnc2n1Cc1ccc(F)cc1. The van der Waals surface area contributed by atoms with Crippen molar-refractivity contribution in [3.05, 3.63) is 53.6 Å². The second-order valence-corrected chi connectivity index (χ2v) is 6.40. The Kier molecular flexibility index (Phi) is 4.96. The molecule has 0 unspecified atom stereocenters. The largest absolute Gasteiger partial charge is 0.324 e. The van der Waals surface area contributed by atoms with Crippen LogP contribution in [0.2, 0.25) is 0 Å². The van der Waals surface area contributed by atoms with Crippen LogP contribution in [0.15, 0.2) is 41.6 Å². The topological polar surface area (TPSA) is 30.7 Å². The van der Waals surface area contributed by atoms with Crippen LogP contribution in [0.5, 0.6) is 0 Å². The zero-order valence-corrected chi connectivity index (χ0v) is 14.2. The molecule has 0 amide bonds. The Labute approximate surface area is 140 Å². The number of fused-ring (bicyclic) bond motifs is 1. The zero-order valence-electron chi connectivity index (χ0n) is 13.4. The number of halogens is 1. The van der Waals surface area contributed by atoms with Crippen LogP contribution in [-0.2, 0) is 13.0 Å². The normalized spacial score (nSPS) is 11.3. The molecule has 0 atom stereocenters. The van der Waals surface area contributed by atoms with Gasteiger partial charge in [-0.1, -0.05) is 25.5 Å². The van der Waals surface area contributed by atoms with Gasteiger partial charge in [0.05, 0.1) is 6.20 Å². The second kappa shape index (κ2) is 7.13. The molecule has 0 saturated heterocycles. The van der Waals surface area contributed by atoms with Crippen molar-refractivity contribution in [1.29, 1.82) is 0 Å². The molecule has 120 valence electrons. The van der Waals surface area contributed by atoms with Crippen molar-refractivity contribution in [3.8, 4) is 0 Å². The Morgan fingerprint density at radius 2 is 2.00 bits per heavy atom. The summed E-state index contributed by atoms with van der Waals surface area (Å²) in [5, 5.41) is 0.929. The zero-order chi connectivity index (χ0) is 16.2. The van der Waals surface area contributed by atoms with Crippen molar-refractivity contribution in [2.24, 2.45) is 0 Å². The van der Waals surface area contributed by atoms with Gasteiger partial charge in [0, 0.05) is 12.2 Å². The predicted octanol–water partition coefficient (Wildman–Crippen LogP) is 4.68. The summed E-state index contributed by atoms with van der Waals surface area (Å²) < 4.78 is 15.3. The molecule has 3 aromatic rings. The first-order valence-corrected chi connectivity index (χ1v) is 9.07. The average molecular weight is 329 g/mol. The lowest BCUT2D eigenvalue weighted by Crippen LogP contribution is -2.05. The van der Waals surface area contributed by atoms with E-state index >= 15 is 0 Å². The third kappa shape index (κ3) is 3.55. The van der Waals surface area contributed by atoms with E-state index in [4.69, 9.17) is 0 Å². The van der Waals surface area contributed by atoms with E-state index in [9.17, 15) is 4.39 Å². The van der Waals surface area contributed by atoms with Crippen LogP contribution in [0.1, 0.15) is 31.0 Å². The molecule has 0 bridgehead atoms. The summed E-state index contributed by atoms with van der Waals surface area (Å²) in [7, 11) is 0. The van der Waals surface area contributed by atoms with Gasteiger partial charge in [0.15, 0.2) is 5.65 Å². The number of aryl methyl sites for hydroxylation is 1. The molecule has 5 heteroatoms. The van der Waals surface area contributed by atoms with Crippen molar-refractivity contribution < 1.29 is 4.39 Å². The van der Waals surface area contributed by atoms with Gasteiger partial charge < -0.3 is 4.57 Å². The lowest BCUT2D eigenvalue weighted by atomic mass is 10.2. The molecule has 2 aromatic heterocycles. The number of unbranched alkanes of at least 4 members (excludes halogenated alkanes) is 1. The summed E-state index contributed by atoms with van der Waals surface area (Å²) in [6, 6.07) is 8.80. The summed E-state index contributed by atoms with van der Waals surface area (Å²) in [6.45, 7) is 2.88. The number of thioether (sulfide) groups is 1. The van der Waals surface area contributed by atoms with Gasteiger partial charge in [-0.25, -0.2) is 14.4 Å². The quantitative estimate of drug-likeness (QED) is 0.615. The van der Waals surface area contributed by atoms with Gasteiger partial charge in [0.2, 0.25) is 0 Å². The molecular weight excluding hydrogens is 309 g/mol. The minimum absolute atomic E-state index is 0.207. The molecule has 3 nitrogen and oxygen atoms in total. The van der Waals surface area contributed by atoms with E-state index in [0.29, 0.717) is 6.54 Å². The van der Waals surface area contributed by atoms with Crippen LogP contribution < -0.4 is 0 Å². The van der Waals surface area contributed by atoms with E-state index in [1.54, 1.807) is 11.8 Å².